The molecule has 0 spiro atoms. The zero-order chi connectivity index (χ0) is 16.2. The van der Waals surface area contributed by atoms with Gasteiger partial charge in [-0.25, -0.2) is 4.98 Å². The summed E-state index contributed by atoms with van der Waals surface area (Å²) in [7, 11) is 1.65. The van der Waals surface area contributed by atoms with Crippen LogP contribution in [-0.4, -0.2) is 30.6 Å². The number of anilines is 1. The lowest BCUT2D eigenvalue weighted by molar-refractivity contribution is -0.118. The molecule has 130 valence electrons. The van der Waals surface area contributed by atoms with Crippen molar-refractivity contribution in [2.24, 2.45) is 0 Å². The van der Waals surface area contributed by atoms with E-state index in [9.17, 15) is 4.79 Å². The Hall–Kier alpha value is -1.63. The molecule has 2 heterocycles. The Morgan fingerprint density at radius 3 is 2.71 bits per heavy atom. The van der Waals surface area contributed by atoms with Crippen molar-refractivity contribution >= 4 is 34.8 Å². The van der Waals surface area contributed by atoms with E-state index in [2.05, 4.69) is 15.6 Å². The van der Waals surface area contributed by atoms with Gasteiger partial charge in [0.05, 0.1) is 18.8 Å². The molecular weight excluding hydrogens is 346 g/mol. The number of piperidine rings is 1. The Labute approximate surface area is 152 Å². The highest BCUT2D eigenvalue weighted by Gasteiger charge is 2.22. The molecule has 5 nitrogen and oxygen atoms in total. The van der Waals surface area contributed by atoms with Gasteiger partial charge in [0, 0.05) is 10.4 Å². The maximum absolute atomic E-state index is 12.3. The van der Waals surface area contributed by atoms with Crippen LogP contribution >= 0.6 is 23.7 Å². The van der Waals surface area contributed by atoms with Gasteiger partial charge in [-0.1, -0.05) is 6.42 Å². The molecule has 1 aliphatic heterocycles. The van der Waals surface area contributed by atoms with E-state index in [1.54, 1.807) is 7.11 Å². The second kappa shape index (κ2) is 8.46. The summed E-state index contributed by atoms with van der Waals surface area (Å²) >= 11 is 1.51. The number of halogens is 1. The van der Waals surface area contributed by atoms with Crippen molar-refractivity contribution in [1.82, 2.24) is 10.3 Å². The van der Waals surface area contributed by atoms with Gasteiger partial charge < -0.3 is 15.4 Å². The highest BCUT2D eigenvalue weighted by molar-refractivity contribution is 7.16. The van der Waals surface area contributed by atoms with Gasteiger partial charge in [-0.15, -0.1) is 23.7 Å². The number of hydrogen-bond donors (Lipinski definition) is 2. The van der Waals surface area contributed by atoms with E-state index >= 15 is 0 Å². The number of carbonyl (C=O) groups excluding carboxylic acids is 1. The monoisotopic (exact) mass is 367 g/mol. The van der Waals surface area contributed by atoms with E-state index in [0.717, 1.165) is 47.7 Å². The van der Waals surface area contributed by atoms with E-state index in [0.29, 0.717) is 5.13 Å². The number of amides is 1. The number of methoxy groups -OCH3 is 1. The first-order valence-electron chi connectivity index (χ1n) is 7.83. The molecule has 7 heteroatoms. The van der Waals surface area contributed by atoms with Crippen molar-refractivity contribution in [3.05, 3.63) is 29.1 Å². The summed E-state index contributed by atoms with van der Waals surface area (Å²) in [5, 5.41) is 6.86. The molecule has 0 radical (unpaired) electrons. The summed E-state index contributed by atoms with van der Waals surface area (Å²) in [5.74, 6) is 0.832. The van der Waals surface area contributed by atoms with Crippen LogP contribution in [0.3, 0.4) is 0 Å². The number of benzene rings is 1. The number of aryl methyl sites for hydroxylation is 1. The zero-order valence-electron chi connectivity index (χ0n) is 13.8. The number of thiazole rings is 1. The lowest BCUT2D eigenvalue weighted by Crippen LogP contribution is -2.43. The van der Waals surface area contributed by atoms with Gasteiger partial charge in [0.25, 0.3) is 0 Å². The minimum absolute atomic E-state index is 0. The van der Waals surface area contributed by atoms with Crippen LogP contribution in [0.15, 0.2) is 24.3 Å². The van der Waals surface area contributed by atoms with Crippen molar-refractivity contribution < 1.29 is 9.53 Å². The Bertz CT molecular complexity index is 682. The first-order valence-corrected chi connectivity index (χ1v) is 8.65. The van der Waals surface area contributed by atoms with E-state index in [-0.39, 0.29) is 24.4 Å². The molecule has 2 N–H and O–H groups in total. The lowest BCUT2D eigenvalue weighted by Gasteiger charge is -2.21. The maximum atomic E-state index is 12.3. The number of rotatable bonds is 4. The molecule has 1 aromatic heterocycles. The minimum Gasteiger partial charge on any atom is -0.497 e. The van der Waals surface area contributed by atoms with E-state index < -0.39 is 0 Å². The first kappa shape index (κ1) is 18.7. The number of nitrogens with one attached hydrogen (secondary N) is 2. The zero-order valence-corrected chi connectivity index (χ0v) is 15.4. The third-order valence-electron chi connectivity index (χ3n) is 4.02. The summed E-state index contributed by atoms with van der Waals surface area (Å²) in [4.78, 5) is 18.0. The van der Waals surface area contributed by atoms with E-state index in [1.807, 2.05) is 31.2 Å². The number of carbonyl (C=O) groups is 1. The Kier molecular flexibility index (Phi) is 6.60. The number of hydrogen-bond acceptors (Lipinski definition) is 5. The number of nitrogens with zero attached hydrogens (tertiary/aromatic N) is 1. The topological polar surface area (TPSA) is 63.2 Å². The van der Waals surface area contributed by atoms with Crippen molar-refractivity contribution in [2.75, 3.05) is 19.0 Å². The standard InChI is InChI=1S/C17H21N3O2S.ClH/c1-11-15(12-6-8-13(22-2)9-7-12)19-17(23-11)20-16(21)14-5-3-4-10-18-14;/h6-9,14,18H,3-5,10H2,1-2H3,(H,19,20,21);1H. The van der Waals surface area contributed by atoms with Crippen LogP contribution in [0.25, 0.3) is 11.3 Å². The van der Waals surface area contributed by atoms with Gasteiger partial charge in [-0.2, -0.15) is 0 Å². The van der Waals surface area contributed by atoms with Crippen LogP contribution in [0.1, 0.15) is 24.1 Å². The molecule has 1 saturated heterocycles. The minimum atomic E-state index is -0.0996. The van der Waals surface area contributed by atoms with Crippen molar-refractivity contribution in [2.45, 2.75) is 32.2 Å². The summed E-state index contributed by atoms with van der Waals surface area (Å²) in [6, 6.07) is 7.69. The second-order valence-corrected chi connectivity index (χ2v) is 6.85. The van der Waals surface area contributed by atoms with E-state index in [4.69, 9.17) is 4.74 Å². The molecule has 1 fully saturated rings. The average Bonchev–Trinajstić information content (AvgIpc) is 2.96. The highest BCUT2D eigenvalue weighted by Crippen LogP contribution is 2.31. The smallest absolute Gasteiger partial charge is 0.243 e. The van der Waals surface area contributed by atoms with Gasteiger partial charge in [0.2, 0.25) is 5.91 Å². The van der Waals surface area contributed by atoms with Crippen molar-refractivity contribution in [3.63, 3.8) is 0 Å². The molecule has 1 aliphatic rings. The first-order chi connectivity index (χ1) is 11.2. The summed E-state index contributed by atoms with van der Waals surface area (Å²) in [5.41, 5.74) is 1.93. The summed E-state index contributed by atoms with van der Waals surface area (Å²) < 4.78 is 5.18. The Morgan fingerprint density at radius 2 is 2.08 bits per heavy atom. The molecule has 0 aliphatic carbocycles. The van der Waals surface area contributed by atoms with E-state index in [1.165, 1.54) is 11.3 Å². The van der Waals surface area contributed by atoms with Crippen molar-refractivity contribution in [1.29, 1.82) is 0 Å². The van der Waals surface area contributed by atoms with Gasteiger partial charge in [0.1, 0.15) is 5.75 Å². The maximum Gasteiger partial charge on any atom is 0.243 e. The van der Waals surface area contributed by atoms with Crippen LogP contribution in [0.4, 0.5) is 5.13 Å². The molecule has 24 heavy (non-hydrogen) atoms. The van der Waals surface area contributed by atoms with Crippen LogP contribution < -0.4 is 15.4 Å². The molecular formula is C17H22ClN3O2S. The fraction of sp³-hybridized carbons (Fsp3) is 0.412. The molecule has 1 aromatic carbocycles. The summed E-state index contributed by atoms with van der Waals surface area (Å²) in [6.45, 7) is 2.93. The third-order valence-corrected chi connectivity index (χ3v) is 4.90. The highest BCUT2D eigenvalue weighted by atomic mass is 35.5. The number of ether oxygens (including phenoxy) is 1. The van der Waals surface area contributed by atoms with Crippen LogP contribution in [0, 0.1) is 6.92 Å². The lowest BCUT2D eigenvalue weighted by atomic mass is 10.0. The quantitative estimate of drug-likeness (QED) is 0.866. The molecule has 3 rings (SSSR count). The van der Waals surface area contributed by atoms with Gasteiger partial charge in [-0.3, -0.25) is 4.79 Å². The van der Waals surface area contributed by atoms with Crippen LogP contribution in [0.2, 0.25) is 0 Å². The largest absolute Gasteiger partial charge is 0.497 e. The third kappa shape index (κ3) is 4.26. The predicted octanol–water partition coefficient (Wildman–Crippen LogP) is 3.63. The molecule has 1 amide bonds. The van der Waals surface area contributed by atoms with Crippen LogP contribution in [0.5, 0.6) is 5.75 Å². The van der Waals surface area contributed by atoms with Gasteiger partial charge >= 0.3 is 0 Å². The predicted molar refractivity (Wildman–Crippen MR) is 100 cm³/mol. The Morgan fingerprint density at radius 1 is 1.33 bits per heavy atom. The van der Waals surface area contributed by atoms with Gasteiger partial charge in [0.15, 0.2) is 5.13 Å². The van der Waals surface area contributed by atoms with Crippen LogP contribution in [-0.2, 0) is 4.79 Å². The molecule has 0 saturated carbocycles. The van der Waals surface area contributed by atoms with Crippen molar-refractivity contribution in [3.8, 4) is 17.0 Å². The average molecular weight is 368 g/mol. The second-order valence-electron chi connectivity index (χ2n) is 5.64. The molecule has 2 aromatic rings. The Balaban J connectivity index is 0.00000208. The van der Waals surface area contributed by atoms with Gasteiger partial charge in [-0.05, 0) is 50.6 Å². The fourth-order valence-corrected chi connectivity index (χ4v) is 3.57. The SMILES string of the molecule is COc1ccc(-c2nc(NC(=O)C3CCCCN3)sc2C)cc1.Cl. The molecule has 1 unspecified atom stereocenters. The number of aromatic nitrogens is 1. The summed E-state index contributed by atoms with van der Waals surface area (Å²) in [6.07, 6.45) is 3.13. The molecule has 1 atom stereocenters. The fourth-order valence-electron chi connectivity index (χ4n) is 2.73. The normalized spacial score (nSPS) is 17.0. The molecule has 0 bridgehead atoms.